The molecule has 1 aliphatic heterocycles. The molecule has 0 saturated carbocycles. The summed E-state index contributed by atoms with van der Waals surface area (Å²) in [7, 11) is 3.11. The molecule has 3 heterocycles. The Kier molecular flexibility index (Phi) is 3.38. The molecule has 0 spiro atoms. The molecule has 0 atom stereocenters. The zero-order valence-corrected chi connectivity index (χ0v) is 12.1. The zero-order chi connectivity index (χ0) is 15.7. The van der Waals surface area contributed by atoms with E-state index in [9.17, 15) is 4.79 Å². The van der Waals surface area contributed by atoms with E-state index in [0.717, 1.165) is 5.56 Å². The van der Waals surface area contributed by atoms with E-state index in [2.05, 4.69) is 9.98 Å². The number of pyridine rings is 1. The molecule has 2 N–H and O–H groups in total. The number of furan rings is 1. The maximum atomic E-state index is 11.9. The van der Waals surface area contributed by atoms with Gasteiger partial charge in [-0.3, -0.25) is 9.69 Å². The van der Waals surface area contributed by atoms with Crippen LogP contribution in [0.4, 0.5) is 0 Å². The van der Waals surface area contributed by atoms with Crippen molar-refractivity contribution in [2.75, 3.05) is 14.2 Å². The van der Waals surface area contributed by atoms with E-state index in [-0.39, 0.29) is 17.6 Å². The van der Waals surface area contributed by atoms with Gasteiger partial charge in [0.1, 0.15) is 17.2 Å². The Morgan fingerprint density at radius 2 is 2.18 bits per heavy atom. The van der Waals surface area contributed by atoms with Crippen molar-refractivity contribution >= 4 is 17.9 Å². The molecule has 0 saturated heterocycles. The van der Waals surface area contributed by atoms with E-state index < -0.39 is 0 Å². The van der Waals surface area contributed by atoms with Gasteiger partial charge in [-0.25, -0.2) is 9.98 Å². The monoisotopic (exact) mass is 298 g/mol. The summed E-state index contributed by atoms with van der Waals surface area (Å²) in [6, 6.07) is 7.15. The van der Waals surface area contributed by atoms with E-state index >= 15 is 0 Å². The first-order chi connectivity index (χ1) is 10.6. The van der Waals surface area contributed by atoms with Crippen LogP contribution in [0, 0.1) is 0 Å². The third-order valence-electron chi connectivity index (χ3n) is 3.24. The molecule has 7 nitrogen and oxygen atoms in total. The van der Waals surface area contributed by atoms with Gasteiger partial charge in [0.25, 0.3) is 5.91 Å². The number of carbonyl (C=O) groups excluding carboxylic acids is 1. The van der Waals surface area contributed by atoms with Crippen LogP contribution in [-0.4, -0.2) is 35.9 Å². The van der Waals surface area contributed by atoms with Crippen LogP contribution in [0.15, 0.2) is 45.6 Å². The number of rotatable bonds is 3. The van der Waals surface area contributed by atoms with Gasteiger partial charge in [-0.1, -0.05) is 0 Å². The van der Waals surface area contributed by atoms with Crippen LogP contribution in [0.5, 0.6) is 5.88 Å². The molecule has 0 aromatic carbocycles. The summed E-state index contributed by atoms with van der Waals surface area (Å²) in [5.41, 5.74) is 6.57. The first kappa shape index (κ1) is 13.9. The van der Waals surface area contributed by atoms with Gasteiger partial charge in [-0.2, -0.15) is 0 Å². The summed E-state index contributed by atoms with van der Waals surface area (Å²) in [5, 5.41) is 0. The molecular weight excluding hydrogens is 284 g/mol. The van der Waals surface area contributed by atoms with Gasteiger partial charge in [0, 0.05) is 19.3 Å². The number of hydrogen-bond acceptors (Lipinski definition) is 6. The van der Waals surface area contributed by atoms with Crippen molar-refractivity contribution in [1.82, 2.24) is 9.88 Å². The molecular formula is C15H14N4O3. The minimum Gasteiger partial charge on any atom is -0.480 e. The lowest BCUT2D eigenvalue weighted by molar-refractivity contribution is -0.121. The molecule has 0 aliphatic carbocycles. The lowest BCUT2D eigenvalue weighted by Crippen LogP contribution is -2.33. The maximum Gasteiger partial charge on any atom is 0.279 e. The van der Waals surface area contributed by atoms with Crippen molar-refractivity contribution in [3.05, 3.63) is 41.9 Å². The molecule has 112 valence electrons. The number of aromatic nitrogens is 1. The molecule has 0 bridgehead atoms. The highest BCUT2D eigenvalue weighted by Crippen LogP contribution is 2.30. The molecule has 0 fully saturated rings. The van der Waals surface area contributed by atoms with E-state index in [4.69, 9.17) is 14.9 Å². The Morgan fingerprint density at radius 3 is 2.86 bits per heavy atom. The molecule has 1 amide bonds. The van der Waals surface area contributed by atoms with Crippen LogP contribution in [0.25, 0.3) is 17.4 Å². The first-order valence-electron chi connectivity index (χ1n) is 6.53. The third-order valence-corrected chi connectivity index (χ3v) is 3.24. The quantitative estimate of drug-likeness (QED) is 0.866. The number of nitrogens with zero attached hydrogens (tertiary/aromatic N) is 3. The topological polar surface area (TPSA) is 94.0 Å². The Bertz CT molecular complexity index is 792. The standard InChI is InChI=1S/C15H14N4O3/c1-19-14(20)11(18-15(19)16)8-9-5-6-12(22-9)10-4-3-7-17-13(10)21-2/h3-8H,1-2H3,(H2,16,18)/b11-8+. The van der Waals surface area contributed by atoms with E-state index in [1.165, 1.54) is 4.90 Å². The minimum absolute atomic E-state index is 0.164. The summed E-state index contributed by atoms with van der Waals surface area (Å²) in [6.45, 7) is 0. The summed E-state index contributed by atoms with van der Waals surface area (Å²) >= 11 is 0. The summed E-state index contributed by atoms with van der Waals surface area (Å²) in [5.74, 6) is 1.45. The van der Waals surface area contributed by atoms with Crippen LogP contribution >= 0.6 is 0 Å². The van der Waals surface area contributed by atoms with Gasteiger partial charge in [0.05, 0.1) is 12.7 Å². The van der Waals surface area contributed by atoms with Crippen LogP contribution < -0.4 is 10.5 Å². The van der Waals surface area contributed by atoms with Crippen molar-refractivity contribution in [3.63, 3.8) is 0 Å². The largest absolute Gasteiger partial charge is 0.480 e. The Labute approximate surface area is 126 Å². The number of amides is 1. The Hall–Kier alpha value is -3.09. The highest BCUT2D eigenvalue weighted by molar-refractivity contribution is 6.12. The Morgan fingerprint density at radius 1 is 1.36 bits per heavy atom. The van der Waals surface area contributed by atoms with Crippen molar-refractivity contribution in [1.29, 1.82) is 0 Å². The van der Waals surface area contributed by atoms with Gasteiger partial charge < -0.3 is 14.9 Å². The molecule has 0 radical (unpaired) electrons. The Balaban J connectivity index is 1.94. The fraction of sp³-hybridized carbons (Fsp3) is 0.133. The van der Waals surface area contributed by atoms with Gasteiger partial charge in [0.2, 0.25) is 11.8 Å². The average molecular weight is 298 g/mol. The van der Waals surface area contributed by atoms with Gasteiger partial charge in [-0.15, -0.1) is 0 Å². The summed E-state index contributed by atoms with van der Waals surface area (Å²) < 4.78 is 10.9. The molecule has 2 aromatic heterocycles. The fourth-order valence-electron chi connectivity index (χ4n) is 2.07. The normalized spacial score (nSPS) is 16.3. The van der Waals surface area contributed by atoms with E-state index in [1.54, 1.807) is 44.6 Å². The second-order valence-electron chi connectivity index (χ2n) is 4.63. The van der Waals surface area contributed by atoms with Gasteiger partial charge in [0.15, 0.2) is 0 Å². The summed E-state index contributed by atoms with van der Waals surface area (Å²) in [6.07, 6.45) is 3.18. The molecule has 22 heavy (non-hydrogen) atoms. The predicted molar refractivity (Wildman–Crippen MR) is 80.9 cm³/mol. The molecule has 2 aromatic rings. The van der Waals surface area contributed by atoms with Crippen LogP contribution in [-0.2, 0) is 4.79 Å². The number of guanidine groups is 1. The number of methoxy groups -OCH3 is 1. The highest BCUT2D eigenvalue weighted by Gasteiger charge is 2.25. The SMILES string of the molecule is COc1ncccc1-c1ccc(/C=C2/N=C(N)N(C)C2=O)o1. The second-order valence-corrected chi connectivity index (χ2v) is 4.63. The average Bonchev–Trinajstić information content (AvgIpc) is 3.09. The fourth-order valence-corrected chi connectivity index (χ4v) is 2.07. The van der Waals surface area contributed by atoms with Crippen molar-refractivity contribution < 1.29 is 13.9 Å². The molecule has 0 unspecified atom stereocenters. The van der Waals surface area contributed by atoms with Crippen molar-refractivity contribution in [2.24, 2.45) is 10.7 Å². The number of carbonyl (C=O) groups is 1. The van der Waals surface area contributed by atoms with E-state index in [1.807, 2.05) is 6.07 Å². The molecule has 3 rings (SSSR count). The van der Waals surface area contributed by atoms with E-state index in [0.29, 0.717) is 17.4 Å². The molecule has 7 heteroatoms. The number of ether oxygens (including phenoxy) is 1. The van der Waals surface area contributed by atoms with Crippen molar-refractivity contribution in [2.45, 2.75) is 0 Å². The second kappa shape index (κ2) is 5.36. The number of nitrogens with two attached hydrogens (primary N) is 1. The highest BCUT2D eigenvalue weighted by atomic mass is 16.5. The lowest BCUT2D eigenvalue weighted by atomic mass is 10.2. The van der Waals surface area contributed by atoms with Crippen LogP contribution in [0.3, 0.4) is 0 Å². The lowest BCUT2D eigenvalue weighted by Gasteiger charge is -2.05. The molecule has 1 aliphatic rings. The number of aliphatic imine (C=N–C) groups is 1. The van der Waals surface area contributed by atoms with Gasteiger partial charge in [-0.05, 0) is 24.3 Å². The number of hydrogen-bond donors (Lipinski definition) is 1. The predicted octanol–water partition coefficient (Wildman–Crippen LogP) is 1.48. The smallest absolute Gasteiger partial charge is 0.279 e. The number of likely N-dealkylation sites (N-methyl/N-ethyl adjacent to an activating group) is 1. The first-order valence-corrected chi connectivity index (χ1v) is 6.53. The maximum absolute atomic E-state index is 11.9. The third kappa shape index (κ3) is 2.32. The van der Waals surface area contributed by atoms with Gasteiger partial charge >= 0.3 is 0 Å². The van der Waals surface area contributed by atoms with Crippen LogP contribution in [0.2, 0.25) is 0 Å². The summed E-state index contributed by atoms with van der Waals surface area (Å²) in [4.78, 5) is 21.3. The van der Waals surface area contributed by atoms with Crippen LogP contribution in [0.1, 0.15) is 5.76 Å². The zero-order valence-electron chi connectivity index (χ0n) is 12.1. The minimum atomic E-state index is -0.269. The van der Waals surface area contributed by atoms with Crippen molar-refractivity contribution in [3.8, 4) is 17.2 Å².